The molecule has 2 atom stereocenters. The van der Waals surface area contributed by atoms with Gasteiger partial charge < -0.3 is 15.2 Å². The minimum Gasteiger partial charge on any atom is -0.489 e. The first kappa shape index (κ1) is 19.8. The number of carbonyl (C=O) groups excluding carboxylic acids is 1. The average Bonchev–Trinajstić information content (AvgIpc) is 2.62. The maximum Gasteiger partial charge on any atom is 0.239 e. The summed E-state index contributed by atoms with van der Waals surface area (Å²) in [4.78, 5) is 11.7. The van der Waals surface area contributed by atoms with Crippen LogP contribution in [0.15, 0.2) is 42.5 Å². The predicted octanol–water partition coefficient (Wildman–Crippen LogP) is 2.13. The second-order valence-corrected chi connectivity index (χ2v) is 5.85. The molecular formula is C19H22F2N2O3. The molecule has 0 aliphatic rings. The molecule has 0 radical (unpaired) electrons. The molecule has 7 heteroatoms. The van der Waals surface area contributed by atoms with E-state index < -0.39 is 23.8 Å². The maximum atomic E-state index is 13.6. The Morgan fingerprint density at radius 3 is 2.31 bits per heavy atom. The lowest BCUT2D eigenvalue weighted by Gasteiger charge is -2.20. The smallest absolute Gasteiger partial charge is 0.239 e. The van der Waals surface area contributed by atoms with Gasteiger partial charge in [0.2, 0.25) is 5.91 Å². The van der Waals surface area contributed by atoms with Gasteiger partial charge in [-0.3, -0.25) is 10.1 Å². The Morgan fingerprint density at radius 2 is 1.77 bits per heavy atom. The van der Waals surface area contributed by atoms with E-state index in [2.05, 4.69) is 10.6 Å². The molecule has 2 rings (SSSR count). The molecule has 0 saturated heterocycles. The number of benzene rings is 2. The summed E-state index contributed by atoms with van der Waals surface area (Å²) in [5, 5.41) is 15.1. The molecule has 0 aliphatic heterocycles. The van der Waals surface area contributed by atoms with Crippen molar-refractivity contribution < 1.29 is 23.4 Å². The minimum atomic E-state index is -0.840. The Labute approximate surface area is 151 Å². The lowest BCUT2D eigenvalue weighted by molar-refractivity contribution is -0.125. The van der Waals surface area contributed by atoms with Crippen molar-refractivity contribution in [1.82, 2.24) is 10.6 Å². The van der Waals surface area contributed by atoms with Gasteiger partial charge in [-0.05, 0) is 36.8 Å². The maximum absolute atomic E-state index is 13.6. The van der Waals surface area contributed by atoms with Crippen LogP contribution in [0.4, 0.5) is 8.78 Å². The highest BCUT2D eigenvalue weighted by Gasteiger charge is 2.21. The summed E-state index contributed by atoms with van der Waals surface area (Å²) in [6.07, 6.45) is -0.840. The van der Waals surface area contributed by atoms with E-state index in [4.69, 9.17) is 4.74 Å². The van der Waals surface area contributed by atoms with Crippen LogP contribution in [0.5, 0.6) is 5.75 Å². The summed E-state index contributed by atoms with van der Waals surface area (Å²) < 4.78 is 32.6. The average molecular weight is 364 g/mol. The molecule has 2 unspecified atom stereocenters. The fraction of sp³-hybridized carbons (Fsp3) is 0.316. The van der Waals surface area contributed by atoms with E-state index in [9.17, 15) is 18.7 Å². The van der Waals surface area contributed by atoms with Gasteiger partial charge in [-0.15, -0.1) is 0 Å². The number of aliphatic hydroxyl groups is 1. The summed E-state index contributed by atoms with van der Waals surface area (Å²) in [6.45, 7) is 1.69. The highest BCUT2D eigenvalue weighted by atomic mass is 19.1. The zero-order valence-corrected chi connectivity index (χ0v) is 14.6. The molecule has 0 fully saturated rings. The molecule has 5 nitrogen and oxygen atoms in total. The number of nitrogens with one attached hydrogen (secondary N) is 2. The van der Waals surface area contributed by atoms with Crippen LogP contribution in [-0.4, -0.2) is 30.2 Å². The summed E-state index contributed by atoms with van der Waals surface area (Å²) >= 11 is 0. The molecule has 0 bridgehead atoms. The second kappa shape index (κ2) is 9.26. The zero-order chi connectivity index (χ0) is 19.1. The largest absolute Gasteiger partial charge is 0.489 e. The number of halogens is 2. The Hall–Kier alpha value is -2.51. The molecule has 0 saturated carbocycles. The molecule has 2 aromatic carbocycles. The number of rotatable bonds is 8. The third kappa shape index (κ3) is 5.24. The Kier molecular flexibility index (Phi) is 7.06. The summed E-state index contributed by atoms with van der Waals surface area (Å²) in [6, 6.07) is 9.82. The first-order valence-corrected chi connectivity index (χ1v) is 8.20. The van der Waals surface area contributed by atoms with Gasteiger partial charge in [-0.1, -0.05) is 18.2 Å². The monoisotopic (exact) mass is 364 g/mol. The molecule has 1 amide bonds. The van der Waals surface area contributed by atoms with Crippen molar-refractivity contribution in [3.63, 3.8) is 0 Å². The first-order valence-electron chi connectivity index (χ1n) is 8.20. The summed E-state index contributed by atoms with van der Waals surface area (Å²) in [5.41, 5.74) is 0.743. The number of hydrogen-bond acceptors (Lipinski definition) is 4. The van der Waals surface area contributed by atoms with E-state index in [1.807, 2.05) is 0 Å². The number of amides is 1. The molecule has 0 aliphatic carbocycles. The highest BCUT2D eigenvalue weighted by molar-refractivity contribution is 5.82. The van der Waals surface area contributed by atoms with Crippen LogP contribution < -0.4 is 15.4 Å². The SMILES string of the molecule is CNC(=O)C(NCc1ccc(OCc2c(F)cccc2F)cc1)C(C)O. The Bertz CT molecular complexity index is 716. The highest BCUT2D eigenvalue weighted by Crippen LogP contribution is 2.17. The molecule has 3 N–H and O–H groups in total. The van der Waals surface area contributed by atoms with Crippen molar-refractivity contribution in [2.45, 2.75) is 32.2 Å². The van der Waals surface area contributed by atoms with E-state index >= 15 is 0 Å². The summed E-state index contributed by atoms with van der Waals surface area (Å²) in [7, 11) is 1.50. The summed E-state index contributed by atoms with van der Waals surface area (Å²) in [5.74, 6) is -1.13. The lowest BCUT2D eigenvalue weighted by atomic mass is 10.1. The van der Waals surface area contributed by atoms with Crippen molar-refractivity contribution in [3.05, 3.63) is 65.2 Å². The van der Waals surface area contributed by atoms with Gasteiger partial charge in [-0.25, -0.2) is 8.78 Å². The van der Waals surface area contributed by atoms with Crippen LogP contribution in [0.25, 0.3) is 0 Å². The standard InChI is InChI=1S/C19H22F2N2O3/c1-12(24)18(19(25)22-2)23-10-13-6-8-14(9-7-13)26-11-15-16(20)4-3-5-17(15)21/h3-9,12,18,23-24H,10-11H2,1-2H3,(H,22,25). The van der Waals surface area contributed by atoms with E-state index in [1.54, 1.807) is 24.3 Å². The topological polar surface area (TPSA) is 70.6 Å². The van der Waals surface area contributed by atoms with Crippen molar-refractivity contribution in [3.8, 4) is 5.75 Å². The lowest BCUT2D eigenvalue weighted by Crippen LogP contribution is -2.49. The molecule has 0 heterocycles. The number of aliphatic hydroxyl groups excluding tert-OH is 1. The molecular weight excluding hydrogens is 342 g/mol. The van der Waals surface area contributed by atoms with Crippen LogP contribution in [0, 0.1) is 11.6 Å². The van der Waals surface area contributed by atoms with Crippen LogP contribution in [0.2, 0.25) is 0 Å². The fourth-order valence-electron chi connectivity index (χ4n) is 2.39. The quantitative estimate of drug-likeness (QED) is 0.671. The van der Waals surface area contributed by atoms with E-state index in [0.717, 1.165) is 5.56 Å². The predicted molar refractivity (Wildman–Crippen MR) is 93.5 cm³/mol. The second-order valence-electron chi connectivity index (χ2n) is 5.85. The van der Waals surface area contributed by atoms with Gasteiger partial charge in [0.15, 0.2) is 0 Å². The number of hydrogen-bond donors (Lipinski definition) is 3. The van der Waals surface area contributed by atoms with Gasteiger partial charge in [0, 0.05) is 13.6 Å². The third-order valence-corrected chi connectivity index (χ3v) is 3.91. The van der Waals surface area contributed by atoms with Gasteiger partial charge >= 0.3 is 0 Å². The zero-order valence-electron chi connectivity index (χ0n) is 14.6. The Morgan fingerprint density at radius 1 is 1.15 bits per heavy atom. The molecule has 140 valence electrons. The number of carbonyl (C=O) groups is 1. The van der Waals surface area contributed by atoms with Gasteiger partial charge in [0.25, 0.3) is 0 Å². The van der Waals surface area contributed by atoms with Crippen LogP contribution in [0.1, 0.15) is 18.1 Å². The molecule has 26 heavy (non-hydrogen) atoms. The van der Waals surface area contributed by atoms with E-state index in [-0.39, 0.29) is 18.1 Å². The third-order valence-electron chi connectivity index (χ3n) is 3.91. The van der Waals surface area contributed by atoms with Crippen LogP contribution >= 0.6 is 0 Å². The van der Waals surface area contributed by atoms with Crippen LogP contribution in [-0.2, 0) is 17.9 Å². The van der Waals surface area contributed by atoms with E-state index in [1.165, 1.54) is 32.2 Å². The minimum absolute atomic E-state index is 0.122. The van der Waals surface area contributed by atoms with Crippen molar-refractivity contribution in [1.29, 1.82) is 0 Å². The molecule has 2 aromatic rings. The Balaban J connectivity index is 1.93. The van der Waals surface area contributed by atoms with Gasteiger partial charge in [0.05, 0.1) is 11.7 Å². The van der Waals surface area contributed by atoms with Gasteiger partial charge in [0.1, 0.15) is 30.0 Å². The van der Waals surface area contributed by atoms with Crippen LogP contribution in [0.3, 0.4) is 0 Å². The fourth-order valence-corrected chi connectivity index (χ4v) is 2.39. The number of ether oxygens (including phenoxy) is 1. The van der Waals surface area contributed by atoms with Crippen molar-refractivity contribution in [2.24, 2.45) is 0 Å². The molecule has 0 spiro atoms. The van der Waals surface area contributed by atoms with Gasteiger partial charge in [-0.2, -0.15) is 0 Å². The van der Waals surface area contributed by atoms with E-state index in [0.29, 0.717) is 12.3 Å². The van der Waals surface area contributed by atoms with Crippen molar-refractivity contribution >= 4 is 5.91 Å². The normalized spacial score (nSPS) is 13.1. The van der Waals surface area contributed by atoms with Crippen molar-refractivity contribution in [2.75, 3.05) is 7.05 Å². The number of likely N-dealkylation sites (N-methyl/N-ethyl adjacent to an activating group) is 1. The molecule has 0 aromatic heterocycles. The first-order chi connectivity index (χ1) is 12.4.